The van der Waals surface area contributed by atoms with E-state index in [1.807, 2.05) is 13.0 Å². The first-order valence-corrected chi connectivity index (χ1v) is 9.85. The van der Waals surface area contributed by atoms with Crippen molar-refractivity contribution in [2.45, 2.75) is 39.7 Å². The molecule has 0 aromatic carbocycles. The first-order chi connectivity index (χ1) is 12.6. The first kappa shape index (κ1) is 17.4. The summed E-state index contributed by atoms with van der Waals surface area (Å²) in [7, 11) is 0. The topological polar surface area (TPSA) is 76.9 Å². The molecular weight excluding hydrogens is 350 g/mol. The van der Waals surface area contributed by atoms with Crippen LogP contribution in [0.1, 0.15) is 35.6 Å². The third-order valence-electron chi connectivity index (χ3n) is 4.68. The molecule has 138 valence electrons. The molecule has 0 saturated carbocycles. The molecule has 1 fully saturated rings. The maximum absolute atomic E-state index is 5.61. The van der Waals surface area contributed by atoms with Crippen LogP contribution in [0.25, 0.3) is 5.82 Å². The fourth-order valence-corrected chi connectivity index (χ4v) is 4.14. The number of aliphatic imine (C=N–C) groups is 1. The van der Waals surface area contributed by atoms with Gasteiger partial charge in [0.25, 0.3) is 0 Å². The molecule has 4 heterocycles. The van der Waals surface area contributed by atoms with Gasteiger partial charge >= 0.3 is 0 Å². The van der Waals surface area contributed by atoms with Gasteiger partial charge in [-0.15, -0.1) is 0 Å². The molecule has 8 heteroatoms. The number of ether oxygens (including phenoxy) is 1. The van der Waals surface area contributed by atoms with Crippen molar-refractivity contribution >= 4 is 22.6 Å². The molecule has 2 aliphatic rings. The lowest BCUT2D eigenvalue weighted by molar-refractivity contribution is 0.118. The zero-order valence-electron chi connectivity index (χ0n) is 15.3. The second-order valence-corrected chi connectivity index (χ2v) is 7.62. The van der Waals surface area contributed by atoms with E-state index >= 15 is 0 Å². The molecule has 2 aromatic rings. The normalized spacial score (nSPS) is 21.9. The van der Waals surface area contributed by atoms with E-state index in [4.69, 9.17) is 9.26 Å². The molecule has 0 bridgehead atoms. The summed E-state index contributed by atoms with van der Waals surface area (Å²) in [6.45, 7) is 7.62. The predicted molar refractivity (Wildman–Crippen MR) is 103 cm³/mol. The highest BCUT2D eigenvalue weighted by molar-refractivity contribution is 8.14. The molecule has 26 heavy (non-hydrogen) atoms. The molecule has 1 unspecified atom stereocenters. The number of rotatable bonds is 4. The molecule has 0 amide bonds. The zero-order valence-corrected chi connectivity index (χ0v) is 16.1. The Balaban J connectivity index is 1.51. The van der Waals surface area contributed by atoms with Crippen molar-refractivity contribution in [3.05, 3.63) is 34.8 Å². The van der Waals surface area contributed by atoms with Gasteiger partial charge in [0.1, 0.15) is 5.76 Å². The van der Waals surface area contributed by atoms with Crippen molar-refractivity contribution in [3.8, 4) is 5.82 Å². The van der Waals surface area contributed by atoms with E-state index in [2.05, 4.69) is 45.2 Å². The van der Waals surface area contributed by atoms with Crippen LogP contribution in [-0.4, -0.2) is 45.6 Å². The fourth-order valence-electron chi connectivity index (χ4n) is 3.37. The average Bonchev–Trinajstić information content (AvgIpc) is 3.35. The Morgan fingerprint density at radius 1 is 1.35 bits per heavy atom. The number of hydrogen-bond donors (Lipinski definition) is 1. The highest BCUT2D eigenvalue weighted by Gasteiger charge is 2.21. The molecule has 2 aromatic heterocycles. The summed E-state index contributed by atoms with van der Waals surface area (Å²) in [5.41, 5.74) is 7.45. The molecule has 1 atom stereocenters. The summed E-state index contributed by atoms with van der Waals surface area (Å²) < 4.78 is 12.9. The van der Waals surface area contributed by atoms with Gasteiger partial charge < -0.3 is 9.26 Å². The summed E-state index contributed by atoms with van der Waals surface area (Å²) in [6.07, 6.45) is 2.50. The lowest BCUT2D eigenvalue weighted by atomic mass is 10.1. The Morgan fingerprint density at radius 3 is 2.88 bits per heavy atom. The third-order valence-corrected chi connectivity index (χ3v) is 5.59. The standard InChI is InChI=1S/C18H23N5O2S/c1-11-7-15(13(3)23(11)17-8-12(2)25-22-17)16-10-26-18(21-20-16)19-9-14-5-4-6-24-14/h7-8,14H,4-6,9-10H2,1-3H3,(H,19,21). The maximum Gasteiger partial charge on any atom is 0.180 e. The summed E-state index contributed by atoms with van der Waals surface area (Å²) in [5, 5.41) is 9.56. The van der Waals surface area contributed by atoms with Crippen LogP contribution in [0.15, 0.2) is 26.7 Å². The number of amidine groups is 1. The van der Waals surface area contributed by atoms with Gasteiger partial charge in [-0.3, -0.25) is 15.0 Å². The van der Waals surface area contributed by atoms with Crippen LogP contribution in [-0.2, 0) is 4.74 Å². The zero-order chi connectivity index (χ0) is 18.1. The molecule has 7 nitrogen and oxygen atoms in total. The Hall–Kier alpha value is -2.06. The summed E-state index contributed by atoms with van der Waals surface area (Å²) in [5.74, 6) is 2.40. The number of hydrogen-bond acceptors (Lipinski definition) is 6. The van der Waals surface area contributed by atoms with Crippen molar-refractivity contribution in [2.24, 2.45) is 10.1 Å². The van der Waals surface area contributed by atoms with Crippen LogP contribution in [0.5, 0.6) is 0 Å². The predicted octanol–water partition coefficient (Wildman–Crippen LogP) is 2.97. The smallest absolute Gasteiger partial charge is 0.180 e. The van der Waals surface area contributed by atoms with Crippen LogP contribution < -0.4 is 5.43 Å². The van der Waals surface area contributed by atoms with Gasteiger partial charge in [-0.25, -0.2) is 0 Å². The summed E-state index contributed by atoms with van der Waals surface area (Å²) >= 11 is 1.68. The number of thioether (sulfide) groups is 1. The molecule has 1 N–H and O–H groups in total. The van der Waals surface area contributed by atoms with Crippen LogP contribution in [0, 0.1) is 20.8 Å². The van der Waals surface area contributed by atoms with Gasteiger partial charge in [-0.1, -0.05) is 16.9 Å². The van der Waals surface area contributed by atoms with Gasteiger partial charge in [0, 0.05) is 35.4 Å². The van der Waals surface area contributed by atoms with Crippen molar-refractivity contribution in [1.29, 1.82) is 0 Å². The number of aromatic nitrogens is 2. The van der Waals surface area contributed by atoms with Gasteiger partial charge in [0.2, 0.25) is 0 Å². The number of aryl methyl sites for hydroxylation is 2. The van der Waals surface area contributed by atoms with Crippen LogP contribution in [0.2, 0.25) is 0 Å². The molecule has 0 radical (unpaired) electrons. The van der Waals surface area contributed by atoms with E-state index in [0.29, 0.717) is 6.54 Å². The maximum atomic E-state index is 5.61. The second kappa shape index (κ2) is 7.28. The number of nitrogens with one attached hydrogen (secondary N) is 1. The Bertz CT molecular complexity index is 861. The monoisotopic (exact) mass is 373 g/mol. The molecule has 0 spiro atoms. The number of nitrogens with zero attached hydrogens (tertiary/aromatic N) is 4. The minimum Gasteiger partial charge on any atom is -0.376 e. The largest absolute Gasteiger partial charge is 0.376 e. The van der Waals surface area contributed by atoms with E-state index in [-0.39, 0.29) is 6.10 Å². The molecule has 4 rings (SSSR count). The molecule has 1 saturated heterocycles. The van der Waals surface area contributed by atoms with E-state index in [0.717, 1.165) is 64.6 Å². The van der Waals surface area contributed by atoms with E-state index in [1.54, 1.807) is 11.8 Å². The molecular formula is C18H23N5O2S. The minimum atomic E-state index is 0.264. The van der Waals surface area contributed by atoms with Crippen LogP contribution >= 0.6 is 11.8 Å². The van der Waals surface area contributed by atoms with Crippen molar-refractivity contribution in [3.63, 3.8) is 0 Å². The minimum absolute atomic E-state index is 0.264. The van der Waals surface area contributed by atoms with E-state index < -0.39 is 0 Å². The van der Waals surface area contributed by atoms with E-state index in [1.165, 1.54) is 0 Å². The van der Waals surface area contributed by atoms with Gasteiger partial charge in [-0.2, -0.15) is 5.10 Å². The Labute approximate surface area is 156 Å². The van der Waals surface area contributed by atoms with Crippen molar-refractivity contribution < 1.29 is 9.26 Å². The van der Waals surface area contributed by atoms with Crippen molar-refractivity contribution in [2.75, 3.05) is 18.9 Å². The van der Waals surface area contributed by atoms with Gasteiger partial charge in [0.15, 0.2) is 11.0 Å². The Morgan fingerprint density at radius 2 is 2.23 bits per heavy atom. The first-order valence-electron chi connectivity index (χ1n) is 8.86. The summed E-state index contributed by atoms with van der Waals surface area (Å²) in [4.78, 5) is 4.60. The fraction of sp³-hybridized carbons (Fsp3) is 0.500. The quantitative estimate of drug-likeness (QED) is 0.892. The van der Waals surface area contributed by atoms with Crippen molar-refractivity contribution in [1.82, 2.24) is 15.1 Å². The van der Waals surface area contributed by atoms with Crippen LogP contribution in [0.4, 0.5) is 0 Å². The molecule has 2 aliphatic heterocycles. The summed E-state index contributed by atoms with van der Waals surface area (Å²) in [6, 6.07) is 4.09. The lowest BCUT2D eigenvalue weighted by Gasteiger charge is -2.15. The average molecular weight is 373 g/mol. The van der Waals surface area contributed by atoms with E-state index in [9.17, 15) is 0 Å². The highest BCUT2D eigenvalue weighted by Crippen LogP contribution is 2.24. The van der Waals surface area contributed by atoms with Crippen LogP contribution in [0.3, 0.4) is 0 Å². The number of hydrazone groups is 1. The van der Waals surface area contributed by atoms with Gasteiger partial charge in [0.05, 0.1) is 18.4 Å². The Kier molecular flexibility index (Phi) is 4.86. The second-order valence-electron chi connectivity index (χ2n) is 6.66. The van der Waals surface area contributed by atoms with Gasteiger partial charge in [-0.05, 0) is 39.7 Å². The third kappa shape index (κ3) is 3.43. The lowest BCUT2D eigenvalue weighted by Crippen LogP contribution is -2.26. The SMILES string of the molecule is Cc1cc(-n2c(C)cc(C3=NNC(=NCC4CCCO4)SC3)c2C)no1. The highest BCUT2D eigenvalue weighted by atomic mass is 32.2. The molecule has 0 aliphatic carbocycles.